The van der Waals surface area contributed by atoms with Crippen molar-refractivity contribution in [3.63, 3.8) is 0 Å². The minimum atomic E-state index is 0.636. The van der Waals surface area contributed by atoms with Gasteiger partial charge in [0.25, 0.3) is 0 Å². The first-order valence-electron chi connectivity index (χ1n) is 12.1. The van der Waals surface area contributed by atoms with Crippen LogP contribution in [-0.2, 0) is 0 Å². The predicted octanol–water partition coefficient (Wildman–Crippen LogP) is 10.3. The van der Waals surface area contributed by atoms with Crippen molar-refractivity contribution in [3.8, 4) is 0 Å². The molecule has 0 radical (unpaired) electrons. The molecule has 0 aromatic heterocycles. The summed E-state index contributed by atoms with van der Waals surface area (Å²) in [5.74, 6) is 0. The highest BCUT2D eigenvalue weighted by Crippen LogP contribution is 2.41. The van der Waals surface area contributed by atoms with Gasteiger partial charge < -0.3 is 0 Å². The second-order valence-corrected chi connectivity index (χ2v) is 10.2. The van der Waals surface area contributed by atoms with Gasteiger partial charge in [0.15, 0.2) is 0 Å². The highest BCUT2D eigenvalue weighted by atomic mass is 35.7. The Kier molecular flexibility index (Phi) is 21.0. The van der Waals surface area contributed by atoms with Gasteiger partial charge in [-0.15, -0.1) is 11.2 Å². The maximum Gasteiger partial charge on any atom is -0.0214 e. The molecule has 0 saturated heterocycles. The molecule has 0 aromatic rings. The zero-order chi connectivity index (χ0) is 19.3. The molecular weight excluding hydrogens is 355 g/mol. The standard InChI is InChI=1S/C24H50ClP/c1-4-7-19-24(20-8-5-2,21-9-6-3)22-17-15-13-11-10-12-14-16-18-23-26-25/h26H,4-23H2,1-3H3. The van der Waals surface area contributed by atoms with Gasteiger partial charge in [0.1, 0.15) is 0 Å². The molecule has 2 heteroatoms. The van der Waals surface area contributed by atoms with Crippen molar-refractivity contribution in [1.82, 2.24) is 0 Å². The molecular formula is C24H50ClP. The van der Waals surface area contributed by atoms with E-state index in [0.717, 1.165) is 0 Å². The molecule has 0 aliphatic rings. The Labute approximate surface area is 173 Å². The molecule has 0 spiro atoms. The summed E-state index contributed by atoms with van der Waals surface area (Å²) < 4.78 is 0. The Balaban J connectivity index is 3.95. The monoisotopic (exact) mass is 404 g/mol. The van der Waals surface area contributed by atoms with Gasteiger partial charge in [0.05, 0.1) is 0 Å². The average Bonchev–Trinajstić information content (AvgIpc) is 2.66. The van der Waals surface area contributed by atoms with Crippen LogP contribution in [0.4, 0.5) is 0 Å². The molecule has 0 amide bonds. The molecule has 0 heterocycles. The molecule has 0 aliphatic heterocycles. The third kappa shape index (κ3) is 15.7. The van der Waals surface area contributed by atoms with Crippen LogP contribution in [0.5, 0.6) is 0 Å². The zero-order valence-electron chi connectivity index (χ0n) is 18.5. The Bertz CT molecular complexity index is 245. The number of rotatable bonds is 21. The van der Waals surface area contributed by atoms with Crippen LogP contribution in [0.25, 0.3) is 0 Å². The van der Waals surface area contributed by atoms with Crippen molar-refractivity contribution in [1.29, 1.82) is 0 Å². The summed E-state index contributed by atoms with van der Waals surface area (Å²) >= 11 is 5.76. The summed E-state index contributed by atoms with van der Waals surface area (Å²) in [5, 5.41) is 0. The van der Waals surface area contributed by atoms with Crippen LogP contribution in [0.2, 0.25) is 0 Å². The molecule has 0 nitrogen and oxygen atoms in total. The minimum Gasteiger partial charge on any atom is -0.100 e. The number of unbranched alkanes of at least 4 members (excludes halogenated alkanes) is 11. The maximum absolute atomic E-state index is 5.76. The molecule has 158 valence electrons. The van der Waals surface area contributed by atoms with E-state index in [0.29, 0.717) is 13.3 Å². The topological polar surface area (TPSA) is 0 Å². The Morgan fingerprint density at radius 2 is 0.846 bits per heavy atom. The lowest BCUT2D eigenvalue weighted by atomic mass is 9.71. The Morgan fingerprint density at radius 1 is 0.500 bits per heavy atom. The summed E-state index contributed by atoms with van der Waals surface area (Å²) in [7, 11) is 0.636. The lowest BCUT2D eigenvalue weighted by Crippen LogP contribution is -2.21. The van der Waals surface area contributed by atoms with Gasteiger partial charge in [-0.3, -0.25) is 0 Å². The second kappa shape index (κ2) is 20.5. The van der Waals surface area contributed by atoms with Crippen LogP contribution in [-0.4, -0.2) is 6.16 Å². The first-order valence-corrected chi connectivity index (χ1v) is 14.3. The molecule has 0 bridgehead atoms. The van der Waals surface area contributed by atoms with E-state index in [1.165, 1.54) is 128 Å². The summed E-state index contributed by atoms with van der Waals surface area (Å²) in [5.41, 5.74) is 0.686. The molecule has 26 heavy (non-hydrogen) atoms. The summed E-state index contributed by atoms with van der Waals surface area (Å²) in [6.45, 7) is 7.08. The van der Waals surface area contributed by atoms with Crippen LogP contribution in [0, 0.1) is 5.41 Å². The van der Waals surface area contributed by atoms with Gasteiger partial charge in [-0.05, 0) is 51.6 Å². The highest BCUT2D eigenvalue weighted by Gasteiger charge is 2.27. The molecule has 0 fully saturated rings. The summed E-state index contributed by atoms with van der Waals surface area (Å²) in [6, 6.07) is 0. The van der Waals surface area contributed by atoms with Crippen molar-refractivity contribution in [2.75, 3.05) is 6.16 Å². The normalized spacial score (nSPS) is 12.5. The lowest BCUT2D eigenvalue weighted by molar-refractivity contribution is 0.175. The second-order valence-electron chi connectivity index (χ2n) is 8.63. The van der Waals surface area contributed by atoms with Crippen LogP contribution in [0.15, 0.2) is 0 Å². The van der Waals surface area contributed by atoms with Crippen LogP contribution < -0.4 is 0 Å². The van der Waals surface area contributed by atoms with Crippen molar-refractivity contribution in [2.45, 2.75) is 143 Å². The number of halogens is 1. The molecule has 0 N–H and O–H groups in total. The van der Waals surface area contributed by atoms with Crippen LogP contribution in [0.3, 0.4) is 0 Å². The number of hydrogen-bond donors (Lipinski definition) is 0. The van der Waals surface area contributed by atoms with Crippen molar-refractivity contribution in [3.05, 3.63) is 0 Å². The van der Waals surface area contributed by atoms with Crippen molar-refractivity contribution < 1.29 is 0 Å². The minimum absolute atomic E-state index is 0.636. The quantitative estimate of drug-likeness (QED) is 0.132. The molecule has 1 atom stereocenters. The Morgan fingerprint density at radius 3 is 1.23 bits per heavy atom. The lowest BCUT2D eigenvalue weighted by Gasteiger charge is -2.35. The van der Waals surface area contributed by atoms with Gasteiger partial charge in [-0.2, -0.15) is 0 Å². The van der Waals surface area contributed by atoms with Crippen molar-refractivity contribution >= 4 is 19.2 Å². The van der Waals surface area contributed by atoms with E-state index in [1.54, 1.807) is 0 Å². The molecule has 0 saturated carbocycles. The van der Waals surface area contributed by atoms with Gasteiger partial charge in [-0.25, -0.2) is 0 Å². The summed E-state index contributed by atoms with van der Waals surface area (Å²) in [4.78, 5) is 0. The van der Waals surface area contributed by atoms with Crippen LogP contribution in [0.1, 0.15) is 143 Å². The molecule has 0 rings (SSSR count). The third-order valence-electron chi connectivity index (χ3n) is 6.16. The maximum atomic E-state index is 5.76. The van der Waals surface area contributed by atoms with E-state index in [1.807, 2.05) is 0 Å². The van der Waals surface area contributed by atoms with Gasteiger partial charge >= 0.3 is 0 Å². The Hall–Kier alpha value is 0.720. The SMILES string of the molecule is CCCCC(CCCC)(CCCC)CCCCCCCCCCCPCl. The summed E-state index contributed by atoms with van der Waals surface area (Å²) in [6.07, 6.45) is 28.6. The van der Waals surface area contributed by atoms with Gasteiger partial charge in [0, 0.05) is 0 Å². The van der Waals surface area contributed by atoms with E-state index in [2.05, 4.69) is 20.8 Å². The van der Waals surface area contributed by atoms with E-state index in [-0.39, 0.29) is 0 Å². The predicted molar refractivity (Wildman–Crippen MR) is 126 cm³/mol. The first kappa shape index (κ1) is 26.7. The third-order valence-corrected chi connectivity index (χ3v) is 7.27. The van der Waals surface area contributed by atoms with E-state index in [4.69, 9.17) is 11.2 Å². The van der Waals surface area contributed by atoms with E-state index < -0.39 is 0 Å². The smallest absolute Gasteiger partial charge is 0.0214 e. The molecule has 0 aliphatic carbocycles. The molecule has 1 unspecified atom stereocenters. The highest BCUT2D eigenvalue weighted by molar-refractivity contribution is 7.68. The van der Waals surface area contributed by atoms with Gasteiger partial charge in [0.2, 0.25) is 0 Å². The first-order chi connectivity index (χ1) is 12.7. The van der Waals surface area contributed by atoms with Crippen molar-refractivity contribution in [2.24, 2.45) is 5.41 Å². The fourth-order valence-electron chi connectivity index (χ4n) is 4.33. The molecule has 0 aromatic carbocycles. The van der Waals surface area contributed by atoms with Gasteiger partial charge in [-0.1, -0.05) is 111 Å². The average molecular weight is 405 g/mol. The zero-order valence-corrected chi connectivity index (χ0v) is 20.3. The van der Waals surface area contributed by atoms with Crippen LogP contribution >= 0.6 is 19.2 Å². The fourth-order valence-corrected chi connectivity index (χ4v) is 5.12. The van der Waals surface area contributed by atoms with E-state index in [9.17, 15) is 0 Å². The van der Waals surface area contributed by atoms with E-state index >= 15 is 0 Å². The number of hydrogen-bond acceptors (Lipinski definition) is 0. The fraction of sp³-hybridized carbons (Fsp3) is 1.00. The largest absolute Gasteiger partial charge is 0.100 e.